The number of nitrogens with zero attached hydrogens (tertiary/aromatic N) is 3. The number of halogens is 1. The molecule has 2 N–H and O–H groups in total. The molecule has 0 spiro atoms. The molecule has 35 heavy (non-hydrogen) atoms. The Labute approximate surface area is 206 Å². The molecule has 9 heteroatoms. The van der Waals surface area contributed by atoms with E-state index in [0.717, 1.165) is 22.4 Å². The van der Waals surface area contributed by atoms with Gasteiger partial charge in [0, 0.05) is 5.69 Å². The minimum absolute atomic E-state index is 0.184. The third-order valence-corrected chi connectivity index (χ3v) is 7.09. The van der Waals surface area contributed by atoms with Crippen LogP contribution >= 0.6 is 11.8 Å². The fourth-order valence-electron chi connectivity index (χ4n) is 3.81. The Morgan fingerprint density at radius 2 is 1.83 bits per heavy atom. The van der Waals surface area contributed by atoms with Crippen LogP contribution in [0, 0.1) is 19.7 Å². The lowest BCUT2D eigenvalue weighted by Gasteiger charge is -2.33. The van der Waals surface area contributed by atoms with Gasteiger partial charge in [0.1, 0.15) is 23.4 Å². The first-order valence-electron chi connectivity index (χ1n) is 11.2. The number of ether oxygens (including phenoxy) is 1. The van der Waals surface area contributed by atoms with Crippen LogP contribution in [0.5, 0.6) is 5.75 Å². The average Bonchev–Trinajstić information content (AvgIpc) is 3.27. The highest BCUT2D eigenvalue weighted by atomic mass is 32.2. The molecule has 1 aromatic heterocycles. The highest BCUT2D eigenvalue weighted by Crippen LogP contribution is 2.38. The Morgan fingerprint density at radius 3 is 2.57 bits per heavy atom. The molecule has 3 aromatic carbocycles. The Bertz CT molecular complexity index is 1340. The molecule has 1 aliphatic rings. The van der Waals surface area contributed by atoms with Gasteiger partial charge in [0.25, 0.3) is 0 Å². The Hall–Kier alpha value is -3.85. The Balaban J connectivity index is 1.42. The largest absolute Gasteiger partial charge is 0.486 e. The molecule has 5 rings (SSSR count). The summed E-state index contributed by atoms with van der Waals surface area (Å²) < 4.78 is 21.2. The van der Waals surface area contributed by atoms with Gasteiger partial charge in [0.2, 0.25) is 11.1 Å². The predicted octanol–water partition coefficient (Wildman–Crippen LogP) is 5.01. The first kappa shape index (κ1) is 22.9. The van der Waals surface area contributed by atoms with Crippen LogP contribution in [0.3, 0.4) is 0 Å². The van der Waals surface area contributed by atoms with Crippen LogP contribution in [0.15, 0.2) is 78.0 Å². The molecule has 2 atom stereocenters. The van der Waals surface area contributed by atoms with Gasteiger partial charge in [0.05, 0.1) is 6.04 Å². The Kier molecular flexibility index (Phi) is 6.41. The van der Waals surface area contributed by atoms with E-state index < -0.39 is 11.3 Å². The summed E-state index contributed by atoms with van der Waals surface area (Å²) in [6.45, 7) is 4.23. The molecular weight excluding hydrogens is 465 g/mol. The molecule has 7 nitrogen and oxygen atoms in total. The maximum absolute atomic E-state index is 13.6. The van der Waals surface area contributed by atoms with E-state index in [1.807, 2.05) is 62.4 Å². The molecule has 1 aliphatic heterocycles. The maximum atomic E-state index is 13.6. The summed E-state index contributed by atoms with van der Waals surface area (Å²) in [5, 5.41) is 11.5. The van der Waals surface area contributed by atoms with Crippen molar-refractivity contribution in [3.05, 3.63) is 101 Å². The normalized spacial score (nSPS) is 16.8. The number of hydrogen-bond acceptors (Lipinski definition) is 6. The molecule has 178 valence electrons. The number of aromatic nitrogens is 3. The van der Waals surface area contributed by atoms with Crippen LogP contribution < -0.4 is 15.5 Å². The van der Waals surface area contributed by atoms with Crippen molar-refractivity contribution in [2.45, 2.75) is 36.9 Å². The van der Waals surface area contributed by atoms with Gasteiger partial charge in [-0.3, -0.25) is 4.79 Å². The number of anilines is 1. The number of carbonyl (C=O) groups is 1. The smallest absolute Gasteiger partial charge is 0.240 e. The minimum atomic E-state index is -0.568. The number of amides is 1. The van der Waals surface area contributed by atoms with Gasteiger partial charge in [-0.25, -0.2) is 9.07 Å². The van der Waals surface area contributed by atoms with Crippen molar-refractivity contribution in [2.75, 3.05) is 10.7 Å². The van der Waals surface area contributed by atoms with Crippen LogP contribution in [-0.2, 0) is 11.4 Å². The maximum Gasteiger partial charge on any atom is 0.240 e. The number of rotatable bonds is 6. The summed E-state index contributed by atoms with van der Waals surface area (Å²) in [6.07, 6.45) is 0. The molecular formula is C26H24FN5O2S. The van der Waals surface area contributed by atoms with E-state index in [9.17, 15) is 9.18 Å². The lowest BCUT2D eigenvalue weighted by molar-refractivity contribution is -0.116. The molecule has 0 saturated carbocycles. The van der Waals surface area contributed by atoms with E-state index in [4.69, 9.17) is 4.74 Å². The standard InChI is InChI=1S/C26H24FN5O2S/c1-16-8-13-20(14-17(16)2)28-25(33)24-23(18-9-11-19(27)12-10-18)31-32-22(29-30-26(32)35-24)15-34-21-6-4-3-5-7-21/h3-14,23-24,31H,15H2,1-2H3,(H,28,33)/t23-,24+/m1/s1. The Morgan fingerprint density at radius 1 is 1.06 bits per heavy atom. The van der Waals surface area contributed by atoms with Gasteiger partial charge in [-0.1, -0.05) is 48.2 Å². The van der Waals surface area contributed by atoms with E-state index in [-0.39, 0.29) is 18.3 Å². The molecule has 0 aliphatic carbocycles. The van der Waals surface area contributed by atoms with Crippen molar-refractivity contribution < 1.29 is 13.9 Å². The summed E-state index contributed by atoms with van der Waals surface area (Å²) in [5.41, 5.74) is 7.10. The van der Waals surface area contributed by atoms with E-state index in [2.05, 4.69) is 20.9 Å². The first-order valence-corrected chi connectivity index (χ1v) is 12.0. The summed E-state index contributed by atoms with van der Waals surface area (Å²) in [6, 6.07) is 20.9. The number of carbonyl (C=O) groups excluding carboxylic acids is 1. The molecule has 0 radical (unpaired) electrons. The van der Waals surface area contributed by atoms with Crippen molar-refractivity contribution >= 4 is 23.4 Å². The summed E-state index contributed by atoms with van der Waals surface area (Å²) in [5.74, 6) is 0.761. The van der Waals surface area contributed by atoms with Crippen molar-refractivity contribution in [1.82, 2.24) is 14.9 Å². The topological polar surface area (TPSA) is 81.1 Å². The predicted molar refractivity (Wildman–Crippen MR) is 133 cm³/mol. The van der Waals surface area contributed by atoms with E-state index in [1.54, 1.807) is 16.8 Å². The van der Waals surface area contributed by atoms with E-state index >= 15 is 0 Å². The molecule has 0 saturated heterocycles. The summed E-state index contributed by atoms with van der Waals surface area (Å²) in [7, 11) is 0. The lowest BCUT2D eigenvalue weighted by atomic mass is 10.0. The molecule has 1 amide bonds. The number of thioether (sulfide) groups is 1. The van der Waals surface area contributed by atoms with E-state index in [0.29, 0.717) is 16.7 Å². The van der Waals surface area contributed by atoms with Crippen molar-refractivity contribution in [3.63, 3.8) is 0 Å². The second-order valence-corrected chi connectivity index (χ2v) is 9.43. The number of benzene rings is 3. The molecule has 0 unspecified atom stereocenters. The fourth-order valence-corrected chi connectivity index (χ4v) is 4.91. The number of hydrogen-bond donors (Lipinski definition) is 2. The quantitative estimate of drug-likeness (QED) is 0.396. The number of fused-ring (bicyclic) bond motifs is 1. The number of para-hydroxylation sites is 1. The molecule has 4 aromatic rings. The van der Waals surface area contributed by atoms with Crippen LogP contribution in [0.1, 0.15) is 28.6 Å². The third kappa shape index (κ3) is 5.00. The van der Waals surface area contributed by atoms with E-state index in [1.165, 1.54) is 23.9 Å². The first-order chi connectivity index (χ1) is 17.0. The number of nitrogens with one attached hydrogen (secondary N) is 2. The van der Waals surface area contributed by atoms with Crippen molar-refractivity contribution in [2.24, 2.45) is 0 Å². The van der Waals surface area contributed by atoms with Gasteiger partial charge >= 0.3 is 0 Å². The van der Waals surface area contributed by atoms with Gasteiger partial charge < -0.3 is 15.5 Å². The van der Waals surface area contributed by atoms with Gasteiger partial charge in [-0.15, -0.1) is 10.2 Å². The highest BCUT2D eigenvalue weighted by molar-refractivity contribution is 8.00. The summed E-state index contributed by atoms with van der Waals surface area (Å²) >= 11 is 1.31. The zero-order chi connectivity index (χ0) is 24.4. The average molecular weight is 490 g/mol. The lowest BCUT2D eigenvalue weighted by Crippen LogP contribution is -2.41. The summed E-state index contributed by atoms with van der Waals surface area (Å²) in [4.78, 5) is 13.4. The molecule has 0 fully saturated rings. The van der Waals surface area contributed by atoms with Crippen LogP contribution in [0.2, 0.25) is 0 Å². The zero-order valence-corrected chi connectivity index (χ0v) is 20.1. The SMILES string of the molecule is Cc1ccc(NC(=O)[C@H]2Sc3nnc(COc4ccccc4)n3N[C@@H]2c2ccc(F)cc2)cc1C. The molecule has 0 bridgehead atoms. The van der Waals surface area contributed by atoms with Crippen LogP contribution in [0.4, 0.5) is 10.1 Å². The van der Waals surface area contributed by atoms with Gasteiger partial charge in [-0.05, 0) is 66.9 Å². The molecule has 2 heterocycles. The van der Waals surface area contributed by atoms with Crippen LogP contribution in [-0.4, -0.2) is 26.0 Å². The monoisotopic (exact) mass is 489 g/mol. The second kappa shape index (κ2) is 9.79. The highest BCUT2D eigenvalue weighted by Gasteiger charge is 2.38. The minimum Gasteiger partial charge on any atom is -0.486 e. The van der Waals surface area contributed by atoms with Crippen molar-refractivity contribution in [3.8, 4) is 5.75 Å². The van der Waals surface area contributed by atoms with Crippen LogP contribution in [0.25, 0.3) is 0 Å². The van der Waals surface area contributed by atoms with Gasteiger partial charge in [0.15, 0.2) is 5.82 Å². The third-order valence-electron chi connectivity index (χ3n) is 5.88. The second-order valence-electron chi connectivity index (χ2n) is 8.32. The van der Waals surface area contributed by atoms with Crippen molar-refractivity contribution in [1.29, 1.82) is 0 Å². The van der Waals surface area contributed by atoms with Gasteiger partial charge in [-0.2, -0.15) is 0 Å². The number of aryl methyl sites for hydroxylation is 2. The fraction of sp³-hybridized carbons (Fsp3) is 0.192. The zero-order valence-electron chi connectivity index (χ0n) is 19.2.